The fourth-order valence-electron chi connectivity index (χ4n) is 5.06. The number of benzene rings is 2. The first kappa shape index (κ1) is 31.8. The van der Waals surface area contributed by atoms with E-state index in [1.165, 1.54) is 61.5 Å². The number of alkyl halides is 3. The maximum atomic E-state index is 13.1. The Morgan fingerprint density at radius 3 is 2.35 bits per heavy atom. The number of hydrogen-bond donors (Lipinski definition) is 3. The molecule has 4 N–H and O–H groups in total. The SMILES string of the molecule is CCS(=O)(=O)c1ccc([C@@H](CO)c2nc(N3CC(c4ccc(C(F)(F)F)cc4)C[C@H]3C(=O)NOC)ncc2C(N)=O)cc1. The maximum Gasteiger partial charge on any atom is 0.416 e. The lowest BCUT2D eigenvalue weighted by Crippen LogP contribution is -2.43. The minimum atomic E-state index is -4.50. The number of nitrogens with one attached hydrogen (secondary N) is 1. The Balaban J connectivity index is 1.74. The van der Waals surface area contributed by atoms with Gasteiger partial charge in [0.2, 0.25) is 5.95 Å². The van der Waals surface area contributed by atoms with Gasteiger partial charge in [-0.05, 0) is 41.8 Å². The highest BCUT2D eigenvalue weighted by molar-refractivity contribution is 7.91. The largest absolute Gasteiger partial charge is 0.416 e. The molecule has 1 fully saturated rings. The van der Waals surface area contributed by atoms with Crippen molar-refractivity contribution in [1.29, 1.82) is 0 Å². The van der Waals surface area contributed by atoms with Gasteiger partial charge in [-0.15, -0.1) is 0 Å². The molecule has 0 radical (unpaired) electrons. The van der Waals surface area contributed by atoms with E-state index in [1.807, 2.05) is 0 Å². The third-order valence-corrected chi connectivity index (χ3v) is 9.13. The summed E-state index contributed by atoms with van der Waals surface area (Å²) in [6, 6.07) is 9.55. The van der Waals surface area contributed by atoms with Gasteiger partial charge in [-0.3, -0.25) is 14.4 Å². The number of anilines is 1. The molecule has 0 aliphatic carbocycles. The number of hydrogen-bond acceptors (Lipinski definition) is 9. The van der Waals surface area contributed by atoms with Gasteiger partial charge in [0, 0.05) is 18.7 Å². The second-order valence-corrected chi connectivity index (χ2v) is 12.2. The van der Waals surface area contributed by atoms with Crippen molar-refractivity contribution in [2.75, 3.05) is 30.9 Å². The van der Waals surface area contributed by atoms with E-state index < -0.39 is 52.0 Å². The number of rotatable bonds is 10. The molecule has 230 valence electrons. The van der Waals surface area contributed by atoms with Gasteiger partial charge in [-0.25, -0.2) is 23.9 Å². The van der Waals surface area contributed by atoms with Crippen LogP contribution in [0.1, 0.15) is 57.9 Å². The van der Waals surface area contributed by atoms with Crippen LogP contribution in [0.3, 0.4) is 0 Å². The summed E-state index contributed by atoms with van der Waals surface area (Å²) in [5, 5.41) is 10.3. The highest BCUT2D eigenvalue weighted by atomic mass is 32.2. The first-order valence-electron chi connectivity index (χ1n) is 13.2. The van der Waals surface area contributed by atoms with Crippen molar-refractivity contribution >= 4 is 27.6 Å². The van der Waals surface area contributed by atoms with Gasteiger partial charge < -0.3 is 15.7 Å². The Kier molecular flexibility index (Phi) is 9.37. The van der Waals surface area contributed by atoms with Gasteiger partial charge in [-0.1, -0.05) is 31.2 Å². The van der Waals surface area contributed by atoms with E-state index in [2.05, 4.69) is 15.4 Å². The molecule has 3 atom stereocenters. The first-order chi connectivity index (χ1) is 20.3. The Hall–Kier alpha value is -4.08. The molecular weight excluding hydrogens is 591 g/mol. The van der Waals surface area contributed by atoms with Crippen LogP contribution < -0.4 is 16.1 Å². The van der Waals surface area contributed by atoms with Gasteiger partial charge in [-0.2, -0.15) is 13.2 Å². The van der Waals surface area contributed by atoms with Crippen LogP contribution in [0.5, 0.6) is 0 Å². The molecule has 15 heteroatoms. The van der Waals surface area contributed by atoms with Crippen molar-refractivity contribution in [3.63, 3.8) is 0 Å². The predicted molar refractivity (Wildman–Crippen MR) is 149 cm³/mol. The fraction of sp³-hybridized carbons (Fsp3) is 0.357. The molecule has 1 aromatic heterocycles. The molecule has 2 heterocycles. The number of sulfone groups is 1. The predicted octanol–water partition coefficient (Wildman–Crippen LogP) is 2.55. The summed E-state index contributed by atoms with van der Waals surface area (Å²) < 4.78 is 63.8. The molecule has 0 spiro atoms. The zero-order valence-electron chi connectivity index (χ0n) is 23.2. The number of aromatic nitrogens is 2. The zero-order valence-corrected chi connectivity index (χ0v) is 24.0. The Bertz CT molecular complexity index is 1580. The van der Waals surface area contributed by atoms with E-state index in [4.69, 9.17) is 10.6 Å². The van der Waals surface area contributed by atoms with E-state index in [9.17, 15) is 36.3 Å². The van der Waals surface area contributed by atoms with E-state index in [0.717, 1.165) is 12.1 Å². The van der Waals surface area contributed by atoms with Crippen molar-refractivity contribution in [1.82, 2.24) is 15.4 Å². The van der Waals surface area contributed by atoms with Crippen LogP contribution in [-0.2, 0) is 25.6 Å². The second-order valence-electron chi connectivity index (χ2n) is 9.93. The summed E-state index contributed by atoms with van der Waals surface area (Å²) in [7, 11) is -2.23. The third kappa shape index (κ3) is 6.78. The van der Waals surface area contributed by atoms with Crippen LogP contribution in [-0.4, -0.2) is 67.4 Å². The highest BCUT2D eigenvalue weighted by Gasteiger charge is 2.40. The molecular formula is C28H30F3N5O6S. The minimum absolute atomic E-state index is 0.00861. The Labute approximate surface area is 245 Å². The number of aliphatic hydroxyl groups excluding tert-OH is 1. The quantitative estimate of drug-likeness (QED) is 0.289. The summed E-state index contributed by atoms with van der Waals surface area (Å²) in [5.74, 6) is -2.82. The number of carbonyl (C=O) groups is 2. The van der Waals surface area contributed by atoms with Crippen molar-refractivity contribution in [3.8, 4) is 0 Å². The van der Waals surface area contributed by atoms with Crippen LogP contribution in [0.25, 0.3) is 0 Å². The number of hydroxylamine groups is 1. The zero-order chi connectivity index (χ0) is 31.5. The van der Waals surface area contributed by atoms with Crippen LogP contribution >= 0.6 is 0 Å². The molecule has 4 rings (SSSR count). The minimum Gasteiger partial charge on any atom is -0.395 e. The number of amides is 2. The molecule has 2 aromatic carbocycles. The molecule has 11 nitrogen and oxygen atoms in total. The molecule has 43 heavy (non-hydrogen) atoms. The summed E-state index contributed by atoms with van der Waals surface area (Å²) in [4.78, 5) is 40.5. The van der Waals surface area contributed by atoms with Crippen LogP contribution in [0, 0.1) is 0 Å². The van der Waals surface area contributed by atoms with Crippen molar-refractivity contribution in [2.45, 2.75) is 42.3 Å². The van der Waals surface area contributed by atoms with Crippen molar-refractivity contribution < 1.29 is 41.1 Å². The Morgan fingerprint density at radius 1 is 1.16 bits per heavy atom. The van der Waals surface area contributed by atoms with E-state index in [-0.39, 0.29) is 46.7 Å². The second kappa shape index (κ2) is 12.7. The fourth-order valence-corrected chi connectivity index (χ4v) is 5.95. The monoisotopic (exact) mass is 621 g/mol. The normalized spacial score (nSPS) is 18.0. The summed E-state index contributed by atoms with van der Waals surface area (Å²) in [6.45, 7) is 1.12. The van der Waals surface area contributed by atoms with Gasteiger partial charge in [0.25, 0.3) is 11.8 Å². The third-order valence-electron chi connectivity index (χ3n) is 7.38. The number of carbonyl (C=O) groups excluding carboxylic acids is 2. The maximum absolute atomic E-state index is 13.1. The van der Waals surface area contributed by atoms with Gasteiger partial charge in [0.1, 0.15) is 6.04 Å². The average Bonchev–Trinajstić information content (AvgIpc) is 3.43. The topological polar surface area (TPSA) is 165 Å². The lowest BCUT2D eigenvalue weighted by molar-refractivity contribution is -0.137. The number of halogens is 3. The highest BCUT2D eigenvalue weighted by Crippen LogP contribution is 2.37. The summed E-state index contributed by atoms with van der Waals surface area (Å²) in [6.07, 6.45) is -3.13. The standard InChI is InChI=1S/C28H30F3N5O6S/c1-3-43(40,41)20-10-6-17(7-11-20)22(15-37)24-21(25(32)38)13-33-27(34-24)36-14-18(12-23(36)26(39)35-42-2)16-4-8-19(9-5-16)28(29,30)31/h4-11,13,18,22-23,37H,3,12,14-15H2,1-2H3,(H2,32,38)(H,35,39)/t18?,22-,23+/m1/s1. The number of primary amides is 1. The first-order valence-corrected chi connectivity index (χ1v) is 14.8. The number of nitrogens with zero attached hydrogens (tertiary/aromatic N) is 3. The van der Waals surface area contributed by atoms with Crippen molar-refractivity contribution in [2.24, 2.45) is 5.73 Å². The van der Waals surface area contributed by atoms with Gasteiger partial charge in [0.15, 0.2) is 9.84 Å². The molecule has 0 saturated carbocycles. The van der Waals surface area contributed by atoms with Crippen LogP contribution in [0.15, 0.2) is 59.6 Å². The molecule has 1 aliphatic rings. The smallest absolute Gasteiger partial charge is 0.395 e. The molecule has 1 aliphatic heterocycles. The molecule has 1 unspecified atom stereocenters. The van der Waals surface area contributed by atoms with Crippen LogP contribution in [0.2, 0.25) is 0 Å². The Morgan fingerprint density at radius 2 is 1.81 bits per heavy atom. The lowest BCUT2D eigenvalue weighted by Gasteiger charge is -2.25. The van der Waals surface area contributed by atoms with Crippen molar-refractivity contribution in [3.05, 3.63) is 82.7 Å². The molecule has 0 bridgehead atoms. The number of aliphatic hydroxyl groups is 1. The van der Waals surface area contributed by atoms with Crippen LogP contribution in [0.4, 0.5) is 19.1 Å². The van der Waals surface area contributed by atoms with Gasteiger partial charge >= 0.3 is 6.18 Å². The molecule has 3 aromatic rings. The van der Waals surface area contributed by atoms with E-state index in [0.29, 0.717) is 11.1 Å². The van der Waals surface area contributed by atoms with E-state index in [1.54, 1.807) is 0 Å². The average molecular weight is 622 g/mol. The van der Waals surface area contributed by atoms with E-state index >= 15 is 0 Å². The summed E-state index contributed by atoms with van der Waals surface area (Å²) in [5.41, 5.74) is 8.02. The lowest BCUT2D eigenvalue weighted by atomic mass is 9.93. The summed E-state index contributed by atoms with van der Waals surface area (Å²) >= 11 is 0. The molecule has 2 amide bonds. The van der Waals surface area contributed by atoms with Gasteiger partial charge in [0.05, 0.1) is 47.1 Å². The molecule has 1 saturated heterocycles. The number of nitrogens with two attached hydrogens (primary N) is 1.